The summed E-state index contributed by atoms with van der Waals surface area (Å²) in [7, 11) is 0. The third-order valence-corrected chi connectivity index (χ3v) is 11.4. The number of benzene rings is 9. The Bertz CT molecular complexity index is 3480. The van der Waals surface area contributed by atoms with E-state index < -0.39 is 0 Å². The van der Waals surface area contributed by atoms with Gasteiger partial charge in [0.25, 0.3) is 0 Å². The molecule has 4 heteroatoms. The highest BCUT2D eigenvalue weighted by atomic mass is 16.4. The van der Waals surface area contributed by atoms with Crippen LogP contribution in [0.2, 0.25) is 0 Å². The van der Waals surface area contributed by atoms with Gasteiger partial charge in [0.05, 0.1) is 16.4 Å². The molecular weight excluding hydrogens is 697 g/mol. The number of fused-ring (bicyclic) bond motifs is 10. The van der Waals surface area contributed by atoms with Crippen molar-refractivity contribution in [3.8, 4) is 50.5 Å². The zero-order valence-electron chi connectivity index (χ0n) is 30.7. The normalized spacial score (nSPS) is 11.9. The topological polar surface area (TPSA) is 44.1 Å². The summed E-state index contributed by atoms with van der Waals surface area (Å²) < 4.78 is 15.5. The summed E-state index contributed by atoms with van der Waals surface area (Å²) in [5, 5.41) is 6.88. The fourth-order valence-electron chi connectivity index (χ4n) is 8.80. The number of hydrogen-bond donors (Lipinski definition) is 0. The first-order chi connectivity index (χ1) is 28.3. The fraction of sp³-hybridized carbons (Fsp3) is 0. The summed E-state index contributed by atoms with van der Waals surface area (Å²) in [4.78, 5) is 5.12. The van der Waals surface area contributed by atoms with Crippen LogP contribution in [0.3, 0.4) is 0 Å². The van der Waals surface area contributed by atoms with Gasteiger partial charge in [-0.15, -0.1) is 0 Å². The quantitative estimate of drug-likeness (QED) is 0.177. The van der Waals surface area contributed by atoms with Crippen molar-refractivity contribution < 1.29 is 8.83 Å². The van der Waals surface area contributed by atoms with Gasteiger partial charge in [-0.1, -0.05) is 146 Å². The van der Waals surface area contributed by atoms with E-state index in [1.54, 1.807) is 0 Å². The lowest BCUT2D eigenvalue weighted by atomic mass is 9.94. The van der Waals surface area contributed by atoms with Crippen LogP contribution < -0.4 is 0 Å². The first-order valence-corrected chi connectivity index (χ1v) is 19.3. The van der Waals surface area contributed by atoms with Crippen molar-refractivity contribution in [3.05, 3.63) is 194 Å². The molecule has 3 heterocycles. The van der Waals surface area contributed by atoms with Gasteiger partial charge in [0.1, 0.15) is 16.7 Å². The maximum atomic E-state index is 6.58. The molecule has 0 saturated carbocycles. The minimum absolute atomic E-state index is 0.579. The lowest BCUT2D eigenvalue weighted by molar-refractivity contribution is 0.619. The van der Waals surface area contributed by atoms with Crippen molar-refractivity contribution in [2.45, 2.75) is 0 Å². The molecule has 4 nitrogen and oxygen atoms in total. The molecule has 0 fully saturated rings. The van der Waals surface area contributed by atoms with Gasteiger partial charge in [-0.05, 0) is 81.7 Å². The van der Waals surface area contributed by atoms with E-state index in [0.29, 0.717) is 5.89 Å². The van der Waals surface area contributed by atoms with Crippen LogP contribution in [0.5, 0.6) is 0 Å². The van der Waals surface area contributed by atoms with Gasteiger partial charge in [0.2, 0.25) is 5.89 Å². The van der Waals surface area contributed by atoms with E-state index in [4.69, 9.17) is 13.8 Å². The summed E-state index contributed by atoms with van der Waals surface area (Å²) in [6, 6.07) is 68.5. The van der Waals surface area contributed by atoms with Gasteiger partial charge in [-0.2, -0.15) is 0 Å². The summed E-state index contributed by atoms with van der Waals surface area (Å²) in [5.74, 6) is 0.579. The van der Waals surface area contributed by atoms with E-state index in [-0.39, 0.29) is 0 Å². The Balaban J connectivity index is 0.967. The van der Waals surface area contributed by atoms with Gasteiger partial charge >= 0.3 is 0 Å². The highest BCUT2D eigenvalue weighted by Crippen LogP contribution is 2.44. The maximum absolute atomic E-state index is 6.58. The highest BCUT2D eigenvalue weighted by Gasteiger charge is 2.21. The van der Waals surface area contributed by atoms with Crippen molar-refractivity contribution in [3.63, 3.8) is 0 Å². The van der Waals surface area contributed by atoms with Crippen LogP contribution in [-0.4, -0.2) is 9.55 Å². The molecule has 266 valence electrons. The number of rotatable bonds is 5. The summed E-state index contributed by atoms with van der Waals surface area (Å²) in [6.07, 6.45) is 0. The number of para-hydroxylation sites is 3. The molecule has 12 aromatic rings. The van der Waals surface area contributed by atoms with E-state index >= 15 is 0 Å². The van der Waals surface area contributed by atoms with E-state index in [2.05, 4.69) is 180 Å². The molecule has 0 aliphatic carbocycles. The maximum Gasteiger partial charge on any atom is 0.227 e. The molecule has 0 saturated heterocycles. The van der Waals surface area contributed by atoms with Gasteiger partial charge in [-0.3, -0.25) is 0 Å². The number of hydrogen-bond acceptors (Lipinski definition) is 3. The zero-order valence-corrected chi connectivity index (χ0v) is 30.7. The van der Waals surface area contributed by atoms with Crippen molar-refractivity contribution in [2.24, 2.45) is 0 Å². The van der Waals surface area contributed by atoms with Gasteiger partial charge in [0, 0.05) is 38.4 Å². The minimum Gasteiger partial charge on any atom is -0.455 e. The van der Waals surface area contributed by atoms with E-state index in [0.717, 1.165) is 61.0 Å². The molecule has 0 radical (unpaired) electrons. The average molecular weight is 729 g/mol. The third-order valence-electron chi connectivity index (χ3n) is 11.4. The molecule has 0 aliphatic rings. The van der Waals surface area contributed by atoms with Crippen molar-refractivity contribution in [1.82, 2.24) is 9.55 Å². The Kier molecular flexibility index (Phi) is 6.89. The molecule has 0 N–H and O–H groups in total. The molecule has 0 aliphatic heterocycles. The van der Waals surface area contributed by atoms with Crippen LogP contribution in [0.25, 0.3) is 116 Å². The van der Waals surface area contributed by atoms with E-state index in [9.17, 15) is 0 Å². The second kappa shape index (κ2) is 12.4. The van der Waals surface area contributed by atoms with Crippen LogP contribution in [0.15, 0.2) is 203 Å². The number of oxazole rings is 1. The first-order valence-electron chi connectivity index (χ1n) is 19.3. The predicted molar refractivity (Wildman–Crippen MR) is 235 cm³/mol. The Morgan fingerprint density at radius 2 is 1.02 bits per heavy atom. The molecule has 0 atom stereocenters. The van der Waals surface area contributed by atoms with Crippen LogP contribution in [0.1, 0.15) is 0 Å². The highest BCUT2D eigenvalue weighted by molar-refractivity contribution is 6.24. The molecule has 0 bridgehead atoms. The Hall–Kier alpha value is -7.69. The second-order valence-corrected chi connectivity index (χ2v) is 14.7. The largest absolute Gasteiger partial charge is 0.455 e. The van der Waals surface area contributed by atoms with E-state index in [1.165, 1.54) is 49.3 Å². The predicted octanol–water partition coefficient (Wildman–Crippen LogP) is 14.6. The fourth-order valence-corrected chi connectivity index (χ4v) is 8.80. The number of aromatic nitrogens is 2. The van der Waals surface area contributed by atoms with Crippen molar-refractivity contribution in [2.75, 3.05) is 0 Å². The number of nitrogens with zero attached hydrogens (tertiary/aromatic N) is 2. The van der Waals surface area contributed by atoms with Gasteiger partial charge in [0.15, 0.2) is 5.58 Å². The Labute approximate surface area is 327 Å². The summed E-state index contributed by atoms with van der Waals surface area (Å²) in [5.41, 5.74) is 14.5. The molecule has 0 amide bonds. The monoisotopic (exact) mass is 728 g/mol. The average Bonchev–Trinajstić information content (AvgIpc) is 3.99. The molecule has 12 rings (SSSR count). The van der Waals surface area contributed by atoms with E-state index in [1.807, 2.05) is 18.2 Å². The summed E-state index contributed by atoms with van der Waals surface area (Å²) >= 11 is 0. The lowest BCUT2D eigenvalue weighted by Gasteiger charge is -2.12. The zero-order chi connectivity index (χ0) is 37.5. The first kappa shape index (κ1) is 31.6. The van der Waals surface area contributed by atoms with Gasteiger partial charge < -0.3 is 13.4 Å². The molecule has 3 aromatic heterocycles. The summed E-state index contributed by atoms with van der Waals surface area (Å²) in [6.45, 7) is 0. The van der Waals surface area contributed by atoms with Crippen LogP contribution in [-0.2, 0) is 0 Å². The molecule has 0 unspecified atom stereocenters. The molecule has 9 aromatic carbocycles. The van der Waals surface area contributed by atoms with Crippen LogP contribution in [0, 0.1) is 0 Å². The van der Waals surface area contributed by atoms with Gasteiger partial charge in [-0.25, -0.2) is 4.98 Å². The minimum atomic E-state index is 0.579. The van der Waals surface area contributed by atoms with Crippen LogP contribution in [0.4, 0.5) is 0 Å². The standard InChI is InChI=1S/C53H32N2O2/c1-3-12-33(13-4-1)34-22-24-35(25-23-34)41-19-11-20-43-49-46(56-52(41)43)30-31-47-50(49)54-53(57-47)37-28-26-36(27-29-37)44-32-38-14-7-8-17-40(38)51-48(44)42-18-9-10-21-45(42)55(51)39-15-5-2-6-16-39/h1-32H. The molecule has 0 spiro atoms. The smallest absolute Gasteiger partial charge is 0.227 e. The van der Waals surface area contributed by atoms with Crippen LogP contribution >= 0.6 is 0 Å². The second-order valence-electron chi connectivity index (χ2n) is 14.7. The SMILES string of the molecule is c1ccc(-c2ccc(-c3cccc4c3oc3ccc5oc(-c6ccc(-c7cc8ccccc8c8c7c7ccccc7n8-c7ccccc7)cc6)nc5c34)cc2)cc1. The Morgan fingerprint density at radius 1 is 0.404 bits per heavy atom. The Morgan fingerprint density at radius 3 is 1.82 bits per heavy atom. The van der Waals surface area contributed by atoms with Crippen molar-refractivity contribution in [1.29, 1.82) is 0 Å². The van der Waals surface area contributed by atoms with Crippen molar-refractivity contribution >= 4 is 65.6 Å². The molecular formula is C53H32N2O2. The third kappa shape index (κ3) is 4.91. The lowest BCUT2D eigenvalue weighted by Crippen LogP contribution is -1.94. The molecule has 57 heavy (non-hydrogen) atoms. The number of furan rings is 1.